The van der Waals surface area contributed by atoms with Gasteiger partial charge in [0.15, 0.2) is 0 Å². The van der Waals surface area contributed by atoms with Crippen molar-refractivity contribution in [2.75, 3.05) is 23.5 Å². The molecule has 3 aromatic carbocycles. The highest BCUT2D eigenvalue weighted by molar-refractivity contribution is 8.00. The number of aryl methyl sites for hydroxylation is 2. The minimum absolute atomic E-state index is 0.0376. The molecule has 0 atom stereocenters. The number of hydrogen-bond acceptors (Lipinski definition) is 4. The smallest absolute Gasteiger partial charge is 0.255 e. The van der Waals surface area contributed by atoms with E-state index in [1.54, 1.807) is 31.4 Å². The van der Waals surface area contributed by atoms with Gasteiger partial charge in [0.2, 0.25) is 5.91 Å². The molecule has 2 amide bonds. The second-order valence-electron chi connectivity index (χ2n) is 7.01. The number of rotatable bonds is 8. The normalized spacial score (nSPS) is 10.4. The van der Waals surface area contributed by atoms with Crippen molar-refractivity contribution in [2.45, 2.75) is 25.2 Å². The lowest BCUT2D eigenvalue weighted by molar-refractivity contribution is -0.113. The predicted octanol–water partition coefficient (Wildman–Crippen LogP) is 5.55. The Morgan fingerprint density at radius 3 is 2.42 bits per heavy atom. The van der Waals surface area contributed by atoms with E-state index in [1.165, 1.54) is 11.8 Å². The summed E-state index contributed by atoms with van der Waals surface area (Å²) in [4.78, 5) is 25.8. The minimum atomic E-state index is -0.205. The van der Waals surface area contributed by atoms with Gasteiger partial charge in [-0.3, -0.25) is 9.59 Å². The zero-order chi connectivity index (χ0) is 22.2. The maximum atomic E-state index is 12.4. The Bertz CT molecular complexity index is 1060. The molecule has 3 rings (SSSR count). The highest BCUT2D eigenvalue weighted by Gasteiger charge is 2.10. The Labute approximate surface area is 187 Å². The first-order valence-electron chi connectivity index (χ1n) is 10.1. The van der Waals surface area contributed by atoms with Crippen molar-refractivity contribution in [3.63, 3.8) is 0 Å². The number of ether oxygens (including phenoxy) is 1. The number of thioether (sulfide) groups is 1. The van der Waals surface area contributed by atoms with Gasteiger partial charge in [0.25, 0.3) is 5.91 Å². The van der Waals surface area contributed by atoms with Crippen LogP contribution in [0, 0.1) is 6.92 Å². The van der Waals surface area contributed by atoms with Crippen molar-refractivity contribution in [1.29, 1.82) is 0 Å². The summed E-state index contributed by atoms with van der Waals surface area (Å²) < 4.78 is 5.16. The van der Waals surface area contributed by atoms with Crippen LogP contribution in [0.5, 0.6) is 5.75 Å². The third-order valence-corrected chi connectivity index (χ3v) is 5.83. The van der Waals surface area contributed by atoms with Gasteiger partial charge in [-0.25, -0.2) is 0 Å². The molecule has 0 aliphatic rings. The van der Waals surface area contributed by atoms with E-state index in [9.17, 15) is 9.59 Å². The topological polar surface area (TPSA) is 67.4 Å². The highest BCUT2D eigenvalue weighted by atomic mass is 32.2. The number of benzene rings is 3. The van der Waals surface area contributed by atoms with Gasteiger partial charge in [-0.05, 0) is 66.9 Å². The van der Waals surface area contributed by atoms with Crippen LogP contribution in [-0.2, 0) is 11.2 Å². The molecule has 0 bridgehead atoms. The molecule has 0 saturated heterocycles. The lowest BCUT2D eigenvalue weighted by atomic mass is 10.1. The maximum absolute atomic E-state index is 12.4. The number of carbonyl (C=O) groups excluding carboxylic acids is 2. The van der Waals surface area contributed by atoms with Crippen LogP contribution in [0.1, 0.15) is 28.4 Å². The van der Waals surface area contributed by atoms with E-state index in [-0.39, 0.29) is 11.8 Å². The van der Waals surface area contributed by atoms with E-state index < -0.39 is 0 Å². The molecule has 0 unspecified atom stereocenters. The molecule has 0 spiro atoms. The van der Waals surface area contributed by atoms with E-state index >= 15 is 0 Å². The van der Waals surface area contributed by atoms with Gasteiger partial charge >= 0.3 is 0 Å². The maximum Gasteiger partial charge on any atom is 0.255 e. The van der Waals surface area contributed by atoms with Crippen LogP contribution in [0.3, 0.4) is 0 Å². The number of nitrogens with one attached hydrogen (secondary N) is 2. The number of para-hydroxylation sites is 1. The van der Waals surface area contributed by atoms with E-state index in [4.69, 9.17) is 4.74 Å². The van der Waals surface area contributed by atoms with Crippen LogP contribution in [0.4, 0.5) is 11.4 Å². The van der Waals surface area contributed by atoms with Gasteiger partial charge in [0.05, 0.1) is 12.9 Å². The van der Waals surface area contributed by atoms with Crippen molar-refractivity contribution in [3.05, 3.63) is 83.4 Å². The Morgan fingerprint density at radius 1 is 0.968 bits per heavy atom. The van der Waals surface area contributed by atoms with Crippen molar-refractivity contribution in [3.8, 4) is 5.75 Å². The van der Waals surface area contributed by atoms with Crippen molar-refractivity contribution in [2.24, 2.45) is 0 Å². The Morgan fingerprint density at radius 2 is 1.71 bits per heavy atom. The van der Waals surface area contributed by atoms with E-state index in [1.807, 2.05) is 49.4 Å². The first kappa shape index (κ1) is 22.4. The first-order chi connectivity index (χ1) is 15.0. The standard InChI is InChI=1S/C25H26N2O3S/c1-4-18-8-5-7-17(2)24(18)27-23(28)16-31-22-13-11-20(12-14-22)26-25(29)19-9-6-10-21(15-19)30-3/h5-15H,4,16H2,1-3H3,(H,26,29)(H,27,28). The molecule has 0 aromatic heterocycles. The van der Waals surface area contributed by atoms with Gasteiger partial charge in [-0.1, -0.05) is 31.2 Å². The molecular weight excluding hydrogens is 408 g/mol. The molecule has 5 nitrogen and oxygen atoms in total. The summed E-state index contributed by atoms with van der Waals surface area (Å²) in [7, 11) is 1.57. The van der Waals surface area contributed by atoms with Crippen LogP contribution in [0.2, 0.25) is 0 Å². The van der Waals surface area contributed by atoms with E-state index in [2.05, 4.69) is 17.6 Å². The SMILES string of the molecule is CCc1cccc(C)c1NC(=O)CSc1ccc(NC(=O)c2cccc(OC)c2)cc1. The van der Waals surface area contributed by atoms with Gasteiger partial charge in [0.1, 0.15) is 5.75 Å². The Balaban J connectivity index is 1.55. The molecule has 0 saturated carbocycles. The quantitative estimate of drug-likeness (QED) is 0.456. The lowest BCUT2D eigenvalue weighted by Gasteiger charge is -2.13. The molecule has 6 heteroatoms. The van der Waals surface area contributed by atoms with Crippen LogP contribution in [-0.4, -0.2) is 24.7 Å². The molecule has 160 valence electrons. The largest absolute Gasteiger partial charge is 0.497 e. The number of methoxy groups -OCH3 is 1. The molecule has 0 fully saturated rings. The summed E-state index contributed by atoms with van der Waals surface area (Å²) in [5.74, 6) is 0.704. The van der Waals surface area contributed by atoms with Gasteiger partial charge in [-0.15, -0.1) is 11.8 Å². The fourth-order valence-electron chi connectivity index (χ4n) is 3.13. The van der Waals surface area contributed by atoms with Crippen LogP contribution in [0.25, 0.3) is 0 Å². The molecule has 2 N–H and O–H groups in total. The number of amides is 2. The third kappa shape index (κ3) is 6.12. The number of carbonyl (C=O) groups is 2. The summed E-state index contributed by atoms with van der Waals surface area (Å²) in [6, 6.07) is 20.5. The zero-order valence-electron chi connectivity index (χ0n) is 17.9. The first-order valence-corrected chi connectivity index (χ1v) is 11.0. The van der Waals surface area contributed by atoms with Gasteiger partial charge < -0.3 is 15.4 Å². The molecule has 0 heterocycles. The monoisotopic (exact) mass is 434 g/mol. The van der Waals surface area contributed by atoms with Gasteiger partial charge in [-0.2, -0.15) is 0 Å². The lowest BCUT2D eigenvalue weighted by Crippen LogP contribution is -2.16. The average molecular weight is 435 g/mol. The van der Waals surface area contributed by atoms with E-state index in [0.29, 0.717) is 22.8 Å². The number of anilines is 2. The molecule has 0 radical (unpaired) electrons. The Kier molecular flexibility index (Phi) is 7.73. The summed E-state index contributed by atoms with van der Waals surface area (Å²) in [5.41, 5.74) is 4.32. The fourth-order valence-corrected chi connectivity index (χ4v) is 3.83. The van der Waals surface area contributed by atoms with Crippen molar-refractivity contribution in [1.82, 2.24) is 0 Å². The second-order valence-corrected chi connectivity index (χ2v) is 8.06. The van der Waals surface area contributed by atoms with Crippen molar-refractivity contribution >= 4 is 35.0 Å². The second kappa shape index (κ2) is 10.7. The predicted molar refractivity (Wildman–Crippen MR) is 127 cm³/mol. The fraction of sp³-hybridized carbons (Fsp3) is 0.200. The van der Waals surface area contributed by atoms with Crippen LogP contribution in [0.15, 0.2) is 71.6 Å². The molecular formula is C25H26N2O3S. The zero-order valence-corrected chi connectivity index (χ0v) is 18.7. The number of hydrogen-bond donors (Lipinski definition) is 2. The molecule has 0 aliphatic carbocycles. The van der Waals surface area contributed by atoms with Crippen LogP contribution >= 0.6 is 11.8 Å². The summed E-state index contributed by atoms with van der Waals surface area (Å²) in [6.07, 6.45) is 0.868. The molecule has 3 aromatic rings. The molecule has 31 heavy (non-hydrogen) atoms. The van der Waals surface area contributed by atoms with E-state index in [0.717, 1.165) is 28.1 Å². The van der Waals surface area contributed by atoms with Crippen LogP contribution < -0.4 is 15.4 Å². The summed E-state index contributed by atoms with van der Waals surface area (Å²) in [6.45, 7) is 4.08. The van der Waals surface area contributed by atoms with Crippen molar-refractivity contribution < 1.29 is 14.3 Å². The average Bonchev–Trinajstić information content (AvgIpc) is 2.80. The summed E-state index contributed by atoms with van der Waals surface area (Å²) in [5, 5.41) is 5.91. The Hall–Kier alpha value is -3.25. The highest BCUT2D eigenvalue weighted by Crippen LogP contribution is 2.24. The third-order valence-electron chi connectivity index (χ3n) is 4.82. The minimum Gasteiger partial charge on any atom is -0.497 e. The summed E-state index contributed by atoms with van der Waals surface area (Å²) >= 11 is 1.45. The molecule has 0 aliphatic heterocycles. The van der Waals surface area contributed by atoms with Gasteiger partial charge in [0, 0.05) is 21.8 Å².